The van der Waals surface area contributed by atoms with E-state index in [9.17, 15) is 8.42 Å². The molecule has 1 aromatic heterocycles. The summed E-state index contributed by atoms with van der Waals surface area (Å²) in [4.78, 5) is 12.0. The van der Waals surface area contributed by atoms with Crippen LogP contribution in [0.2, 0.25) is 0 Å². The molecule has 1 aromatic carbocycles. The van der Waals surface area contributed by atoms with Gasteiger partial charge in [-0.15, -0.1) is 0 Å². The van der Waals surface area contributed by atoms with Crippen molar-refractivity contribution >= 4 is 27.5 Å². The van der Waals surface area contributed by atoms with Gasteiger partial charge in [0.1, 0.15) is 5.69 Å². The summed E-state index contributed by atoms with van der Waals surface area (Å²) < 4.78 is 38.4. The van der Waals surface area contributed by atoms with Crippen molar-refractivity contribution < 1.29 is 17.9 Å². The quantitative estimate of drug-likeness (QED) is 0.769. The van der Waals surface area contributed by atoms with Gasteiger partial charge in [0.25, 0.3) is 10.0 Å². The molecule has 26 heavy (non-hydrogen) atoms. The molecule has 10 heteroatoms. The maximum Gasteiger partial charge on any atom is 0.262 e. The van der Waals surface area contributed by atoms with Gasteiger partial charge in [-0.25, -0.2) is 13.4 Å². The molecule has 142 valence electrons. The lowest BCUT2D eigenvalue weighted by atomic mass is 10.3. The Labute approximate surface area is 153 Å². The molecule has 2 aromatic rings. The van der Waals surface area contributed by atoms with Crippen molar-refractivity contribution in [2.24, 2.45) is 0 Å². The summed E-state index contributed by atoms with van der Waals surface area (Å²) in [6.45, 7) is 0. The Bertz CT molecular complexity index is 884. The molecule has 0 spiro atoms. The Balaban J connectivity index is 2.43. The highest BCUT2D eigenvalue weighted by Crippen LogP contribution is 2.31. The van der Waals surface area contributed by atoms with Gasteiger partial charge in [-0.05, 0) is 12.1 Å². The second-order valence-corrected chi connectivity index (χ2v) is 7.50. The molecular formula is C16H23N5O4S. The molecule has 2 rings (SSSR count). The third kappa shape index (κ3) is 4.07. The monoisotopic (exact) mass is 381 g/mol. The Morgan fingerprint density at radius 1 is 1.00 bits per heavy atom. The van der Waals surface area contributed by atoms with Crippen LogP contribution in [0, 0.1) is 0 Å². The summed E-state index contributed by atoms with van der Waals surface area (Å²) >= 11 is 0. The molecule has 1 N–H and O–H groups in total. The van der Waals surface area contributed by atoms with Gasteiger partial charge in [-0.1, -0.05) is 0 Å². The standard InChI is InChI=1S/C16H23N5O4S/c1-20(2)15-12(10-17-16(18-15)21(3)4)19-26(22,23)11-7-8-13(24-5)14(9-11)25-6/h7-10,19H,1-6H3. The topological polar surface area (TPSA) is 96.9 Å². The number of rotatable bonds is 7. The average molecular weight is 381 g/mol. The van der Waals surface area contributed by atoms with Crippen LogP contribution in [0.4, 0.5) is 17.5 Å². The second-order valence-electron chi connectivity index (χ2n) is 5.82. The molecule has 1 heterocycles. The number of aromatic nitrogens is 2. The summed E-state index contributed by atoms with van der Waals surface area (Å²) in [5.41, 5.74) is 0.274. The summed E-state index contributed by atoms with van der Waals surface area (Å²) in [7, 11) is 6.22. The molecule has 0 aliphatic carbocycles. The first kappa shape index (κ1) is 19.6. The minimum Gasteiger partial charge on any atom is -0.493 e. The smallest absolute Gasteiger partial charge is 0.262 e. The van der Waals surface area contributed by atoms with Crippen LogP contribution in [0.25, 0.3) is 0 Å². The number of sulfonamides is 1. The molecule has 0 unspecified atom stereocenters. The average Bonchev–Trinajstić information content (AvgIpc) is 2.60. The van der Waals surface area contributed by atoms with E-state index in [1.165, 1.54) is 38.6 Å². The molecule has 0 atom stereocenters. The van der Waals surface area contributed by atoms with Crippen molar-refractivity contribution in [3.63, 3.8) is 0 Å². The molecule has 9 nitrogen and oxygen atoms in total. The fourth-order valence-electron chi connectivity index (χ4n) is 2.18. The van der Waals surface area contributed by atoms with Gasteiger partial charge >= 0.3 is 0 Å². The third-order valence-corrected chi connectivity index (χ3v) is 4.85. The maximum atomic E-state index is 12.8. The number of nitrogens with one attached hydrogen (secondary N) is 1. The van der Waals surface area contributed by atoms with E-state index in [1.807, 2.05) is 14.1 Å². The van der Waals surface area contributed by atoms with Gasteiger partial charge in [0.05, 0.1) is 25.3 Å². The Kier molecular flexibility index (Phi) is 5.76. The normalized spacial score (nSPS) is 11.0. The van der Waals surface area contributed by atoms with E-state index in [0.29, 0.717) is 23.3 Å². The highest BCUT2D eigenvalue weighted by atomic mass is 32.2. The highest BCUT2D eigenvalue weighted by molar-refractivity contribution is 7.92. The van der Waals surface area contributed by atoms with Crippen molar-refractivity contribution in [3.05, 3.63) is 24.4 Å². The van der Waals surface area contributed by atoms with Crippen LogP contribution in [0.1, 0.15) is 0 Å². The Morgan fingerprint density at radius 3 is 2.19 bits per heavy atom. The molecule has 0 radical (unpaired) electrons. The van der Waals surface area contributed by atoms with Crippen LogP contribution in [0.3, 0.4) is 0 Å². The highest BCUT2D eigenvalue weighted by Gasteiger charge is 2.20. The van der Waals surface area contributed by atoms with E-state index >= 15 is 0 Å². The first-order valence-electron chi connectivity index (χ1n) is 7.66. The molecule has 0 aliphatic heterocycles. The van der Waals surface area contributed by atoms with Crippen LogP contribution in [-0.2, 0) is 10.0 Å². The van der Waals surface area contributed by atoms with Crippen molar-refractivity contribution in [2.45, 2.75) is 4.90 Å². The number of hydrogen-bond donors (Lipinski definition) is 1. The van der Waals surface area contributed by atoms with Gasteiger partial charge in [-0.2, -0.15) is 4.98 Å². The largest absolute Gasteiger partial charge is 0.493 e. The van der Waals surface area contributed by atoms with Gasteiger partial charge in [0.2, 0.25) is 5.95 Å². The van der Waals surface area contributed by atoms with Gasteiger partial charge in [-0.3, -0.25) is 4.72 Å². The zero-order valence-corrected chi connectivity index (χ0v) is 16.5. The van der Waals surface area contributed by atoms with Crippen molar-refractivity contribution in [2.75, 3.05) is 56.9 Å². The van der Waals surface area contributed by atoms with Crippen LogP contribution < -0.4 is 24.0 Å². The number of nitrogens with zero attached hydrogens (tertiary/aromatic N) is 4. The SMILES string of the molecule is COc1ccc(S(=O)(=O)Nc2cnc(N(C)C)nc2N(C)C)cc1OC. The lowest BCUT2D eigenvalue weighted by Gasteiger charge is -2.20. The molecule has 0 saturated carbocycles. The van der Waals surface area contributed by atoms with E-state index < -0.39 is 10.0 Å². The van der Waals surface area contributed by atoms with E-state index in [-0.39, 0.29) is 10.6 Å². The fraction of sp³-hybridized carbons (Fsp3) is 0.375. The minimum absolute atomic E-state index is 0.0385. The predicted octanol–water partition coefficient (Wildman–Crippen LogP) is 1.43. The molecular weight excluding hydrogens is 358 g/mol. The van der Waals surface area contributed by atoms with Crippen molar-refractivity contribution in [3.8, 4) is 11.5 Å². The van der Waals surface area contributed by atoms with Gasteiger partial charge in [0.15, 0.2) is 17.3 Å². The fourth-order valence-corrected chi connectivity index (χ4v) is 3.24. The molecule has 0 fully saturated rings. The summed E-state index contributed by atoms with van der Waals surface area (Å²) in [6.07, 6.45) is 1.44. The van der Waals surface area contributed by atoms with E-state index in [0.717, 1.165) is 0 Å². The molecule has 0 amide bonds. The number of ether oxygens (including phenoxy) is 2. The van der Waals surface area contributed by atoms with Gasteiger partial charge in [0, 0.05) is 34.3 Å². The van der Waals surface area contributed by atoms with E-state index in [2.05, 4.69) is 14.7 Å². The lowest BCUT2D eigenvalue weighted by molar-refractivity contribution is 0.354. The van der Waals surface area contributed by atoms with Crippen LogP contribution in [-0.4, -0.2) is 60.8 Å². The number of methoxy groups -OCH3 is 2. The first-order chi connectivity index (χ1) is 12.2. The van der Waals surface area contributed by atoms with E-state index in [4.69, 9.17) is 9.47 Å². The van der Waals surface area contributed by atoms with E-state index in [1.54, 1.807) is 23.9 Å². The van der Waals surface area contributed by atoms with Crippen LogP contribution in [0.5, 0.6) is 11.5 Å². The summed E-state index contributed by atoms with van der Waals surface area (Å²) in [6, 6.07) is 4.37. The second kappa shape index (κ2) is 7.65. The number of benzene rings is 1. The minimum atomic E-state index is -3.87. The maximum absolute atomic E-state index is 12.8. The summed E-state index contributed by atoms with van der Waals surface area (Å²) in [5.74, 6) is 1.69. The Morgan fingerprint density at radius 2 is 1.65 bits per heavy atom. The number of anilines is 3. The Hall–Kier alpha value is -2.75. The molecule has 0 bridgehead atoms. The summed E-state index contributed by atoms with van der Waals surface area (Å²) in [5, 5.41) is 0. The third-order valence-electron chi connectivity index (χ3n) is 3.49. The molecule has 0 aliphatic rings. The van der Waals surface area contributed by atoms with Crippen LogP contribution >= 0.6 is 0 Å². The van der Waals surface area contributed by atoms with Crippen LogP contribution in [0.15, 0.2) is 29.3 Å². The molecule has 0 saturated heterocycles. The number of hydrogen-bond acceptors (Lipinski definition) is 8. The van der Waals surface area contributed by atoms with Gasteiger partial charge < -0.3 is 19.3 Å². The van der Waals surface area contributed by atoms with Crippen molar-refractivity contribution in [1.82, 2.24) is 9.97 Å². The predicted molar refractivity (Wildman–Crippen MR) is 101 cm³/mol. The van der Waals surface area contributed by atoms with Crippen molar-refractivity contribution in [1.29, 1.82) is 0 Å². The lowest BCUT2D eigenvalue weighted by Crippen LogP contribution is -2.21. The zero-order chi connectivity index (χ0) is 19.5. The zero-order valence-electron chi connectivity index (χ0n) is 15.6. The first-order valence-corrected chi connectivity index (χ1v) is 9.14.